The summed E-state index contributed by atoms with van der Waals surface area (Å²) in [5.41, 5.74) is 3.62. The fraction of sp³-hybridized carbons (Fsp3) is 0.294. The molecule has 1 aromatic carbocycles. The molecule has 0 radical (unpaired) electrons. The Kier molecular flexibility index (Phi) is 3.79. The molecule has 2 aromatic heterocycles. The molecule has 0 aliphatic carbocycles. The van der Waals surface area contributed by atoms with E-state index in [1.807, 2.05) is 19.1 Å². The Hall–Kier alpha value is -2.07. The van der Waals surface area contributed by atoms with Crippen LogP contribution in [0.4, 0.5) is 0 Å². The molecular weight excluding hydrogens is 298 g/mol. The van der Waals surface area contributed by atoms with Crippen LogP contribution in [-0.2, 0) is 6.42 Å². The first-order chi connectivity index (χ1) is 10.5. The van der Waals surface area contributed by atoms with Crippen molar-refractivity contribution in [3.63, 3.8) is 0 Å². The number of benzene rings is 1. The highest BCUT2D eigenvalue weighted by molar-refractivity contribution is 6.30. The molecule has 0 aliphatic heterocycles. The number of aromatic amines is 1. The Morgan fingerprint density at radius 1 is 1.27 bits per heavy atom. The van der Waals surface area contributed by atoms with E-state index >= 15 is 0 Å². The lowest BCUT2D eigenvalue weighted by Crippen LogP contribution is -2.14. The molecule has 3 aromatic rings. The number of fused-ring (bicyclic) bond motifs is 1. The quantitative estimate of drug-likeness (QED) is 0.797. The molecule has 114 valence electrons. The first-order valence-corrected chi connectivity index (χ1v) is 7.70. The Morgan fingerprint density at radius 2 is 1.95 bits per heavy atom. The number of pyridine rings is 1. The van der Waals surface area contributed by atoms with Gasteiger partial charge >= 0.3 is 0 Å². The molecule has 0 aliphatic rings. The van der Waals surface area contributed by atoms with Crippen molar-refractivity contribution in [3.8, 4) is 5.69 Å². The Balaban J connectivity index is 2.24. The van der Waals surface area contributed by atoms with Gasteiger partial charge in [-0.3, -0.25) is 14.9 Å². The number of H-pyrrole nitrogens is 1. The van der Waals surface area contributed by atoms with E-state index in [1.165, 1.54) is 0 Å². The van der Waals surface area contributed by atoms with Crippen molar-refractivity contribution in [1.82, 2.24) is 14.8 Å². The number of aromatic nitrogens is 3. The summed E-state index contributed by atoms with van der Waals surface area (Å²) in [5, 5.41) is 4.50. The van der Waals surface area contributed by atoms with Gasteiger partial charge in [0.25, 0.3) is 5.56 Å². The largest absolute Gasteiger partial charge is 0.290 e. The van der Waals surface area contributed by atoms with Crippen LogP contribution in [-0.4, -0.2) is 14.8 Å². The summed E-state index contributed by atoms with van der Waals surface area (Å²) in [6.07, 6.45) is 2.54. The van der Waals surface area contributed by atoms with Gasteiger partial charge in [-0.25, -0.2) is 4.68 Å². The SMILES string of the molecule is Cc1ncc2c(=O)n(-c3ccc(Cl)cc3)[nH]c2c1CC(C)C. The standard InChI is InChI=1S/C17H18ClN3O/c1-10(2)8-14-11(3)19-9-15-16(14)20-21(17(15)22)13-6-4-12(18)5-7-13/h4-7,9-10,20H,8H2,1-3H3. The number of hydrogen-bond donors (Lipinski definition) is 1. The molecule has 0 fully saturated rings. The molecule has 0 saturated heterocycles. The molecule has 1 N–H and O–H groups in total. The van der Waals surface area contributed by atoms with Crippen molar-refractivity contribution in [3.05, 3.63) is 57.1 Å². The van der Waals surface area contributed by atoms with Crippen molar-refractivity contribution < 1.29 is 0 Å². The number of hydrogen-bond acceptors (Lipinski definition) is 2. The van der Waals surface area contributed by atoms with Crippen molar-refractivity contribution in [2.75, 3.05) is 0 Å². The van der Waals surface area contributed by atoms with Gasteiger partial charge in [-0.05, 0) is 49.1 Å². The van der Waals surface area contributed by atoms with Crippen LogP contribution < -0.4 is 5.56 Å². The first-order valence-electron chi connectivity index (χ1n) is 7.32. The van der Waals surface area contributed by atoms with Gasteiger partial charge in [0.05, 0.1) is 16.6 Å². The molecule has 0 amide bonds. The summed E-state index contributed by atoms with van der Waals surface area (Å²) in [5.74, 6) is 0.494. The van der Waals surface area contributed by atoms with E-state index in [0.29, 0.717) is 16.3 Å². The zero-order valence-corrected chi connectivity index (χ0v) is 13.6. The fourth-order valence-electron chi connectivity index (χ4n) is 2.65. The average Bonchev–Trinajstić information content (AvgIpc) is 2.80. The summed E-state index contributed by atoms with van der Waals surface area (Å²) >= 11 is 5.91. The molecule has 3 rings (SSSR count). The van der Waals surface area contributed by atoms with Gasteiger partial charge in [-0.1, -0.05) is 25.4 Å². The normalized spacial score (nSPS) is 11.5. The molecule has 0 unspecified atom stereocenters. The highest BCUT2D eigenvalue weighted by Gasteiger charge is 2.15. The van der Waals surface area contributed by atoms with Crippen LogP contribution in [0, 0.1) is 12.8 Å². The molecule has 0 bridgehead atoms. The zero-order chi connectivity index (χ0) is 15.9. The zero-order valence-electron chi connectivity index (χ0n) is 12.9. The van der Waals surface area contributed by atoms with Gasteiger partial charge in [0.15, 0.2) is 0 Å². The third kappa shape index (κ3) is 2.55. The van der Waals surface area contributed by atoms with Crippen molar-refractivity contribution in [1.29, 1.82) is 0 Å². The third-order valence-corrected chi connectivity index (χ3v) is 4.00. The molecule has 22 heavy (non-hydrogen) atoms. The molecule has 5 heteroatoms. The summed E-state index contributed by atoms with van der Waals surface area (Å²) in [4.78, 5) is 17.0. The van der Waals surface area contributed by atoms with E-state index in [4.69, 9.17) is 11.6 Å². The van der Waals surface area contributed by atoms with Crippen molar-refractivity contribution in [2.24, 2.45) is 5.92 Å². The van der Waals surface area contributed by atoms with E-state index in [2.05, 4.69) is 23.9 Å². The second-order valence-electron chi connectivity index (χ2n) is 5.94. The van der Waals surface area contributed by atoms with Crippen LogP contribution in [0.3, 0.4) is 0 Å². The third-order valence-electron chi connectivity index (χ3n) is 3.75. The summed E-state index contributed by atoms with van der Waals surface area (Å²) in [7, 11) is 0. The maximum Gasteiger partial charge on any atom is 0.280 e. The second-order valence-corrected chi connectivity index (χ2v) is 6.37. The van der Waals surface area contributed by atoms with E-state index < -0.39 is 0 Å². The van der Waals surface area contributed by atoms with E-state index in [-0.39, 0.29) is 5.56 Å². The van der Waals surface area contributed by atoms with Crippen molar-refractivity contribution in [2.45, 2.75) is 27.2 Å². The highest BCUT2D eigenvalue weighted by atomic mass is 35.5. The maximum absolute atomic E-state index is 12.6. The van der Waals surface area contributed by atoms with Gasteiger partial charge in [0.2, 0.25) is 0 Å². The lowest BCUT2D eigenvalue weighted by atomic mass is 10.0. The van der Waals surface area contributed by atoms with Crippen LogP contribution >= 0.6 is 11.6 Å². The van der Waals surface area contributed by atoms with Crippen LogP contribution in [0.2, 0.25) is 5.02 Å². The number of aryl methyl sites for hydroxylation is 1. The highest BCUT2D eigenvalue weighted by Crippen LogP contribution is 2.21. The number of nitrogens with zero attached hydrogens (tertiary/aromatic N) is 2. The Labute approximate surface area is 133 Å². The molecule has 0 atom stereocenters. The van der Waals surface area contributed by atoms with Gasteiger partial charge in [-0.15, -0.1) is 0 Å². The lowest BCUT2D eigenvalue weighted by molar-refractivity contribution is 0.644. The Morgan fingerprint density at radius 3 is 2.59 bits per heavy atom. The number of nitrogens with one attached hydrogen (secondary N) is 1. The molecular formula is C17H18ClN3O. The predicted octanol–water partition coefficient (Wildman–Crippen LogP) is 3.87. The monoisotopic (exact) mass is 315 g/mol. The van der Waals surface area contributed by atoms with Gasteiger partial charge in [0, 0.05) is 16.9 Å². The molecule has 4 nitrogen and oxygen atoms in total. The predicted molar refractivity (Wildman–Crippen MR) is 90.0 cm³/mol. The van der Waals surface area contributed by atoms with Crippen LogP contribution in [0.1, 0.15) is 25.1 Å². The van der Waals surface area contributed by atoms with E-state index in [0.717, 1.165) is 28.9 Å². The maximum atomic E-state index is 12.6. The van der Waals surface area contributed by atoms with Crippen molar-refractivity contribution >= 4 is 22.5 Å². The average molecular weight is 316 g/mol. The molecule has 2 heterocycles. The topological polar surface area (TPSA) is 50.7 Å². The number of halogens is 1. The molecule has 0 spiro atoms. The van der Waals surface area contributed by atoms with Gasteiger partial charge in [-0.2, -0.15) is 0 Å². The smallest absolute Gasteiger partial charge is 0.280 e. The Bertz CT molecular complexity index is 875. The fourth-order valence-corrected chi connectivity index (χ4v) is 2.78. The molecule has 0 saturated carbocycles. The van der Waals surface area contributed by atoms with Crippen LogP contribution in [0.15, 0.2) is 35.3 Å². The minimum atomic E-state index is -0.0881. The number of rotatable bonds is 3. The van der Waals surface area contributed by atoms with Crippen LogP contribution in [0.25, 0.3) is 16.6 Å². The van der Waals surface area contributed by atoms with E-state index in [1.54, 1.807) is 23.0 Å². The van der Waals surface area contributed by atoms with E-state index in [9.17, 15) is 4.79 Å². The summed E-state index contributed by atoms with van der Waals surface area (Å²) in [6.45, 7) is 6.30. The van der Waals surface area contributed by atoms with Gasteiger partial charge < -0.3 is 0 Å². The minimum Gasteiger partial charge on any atom is -0.290 e. The lowest BCUT2D eigenvalue weighted by Gasteiger charge is -2.08. The first kappa shape index (κ1) is 14.9. The second kappa shape index (κ2) is 5.61. The summed E-state index contributed by atoms with van der Waals surface area (Å²) < 4.78 is 1.55. The van der Waals surface area contributed by atoms with Crippen LogP contribution in [0.5, 0.6) is 0 Å². The van der Waals surface area contributed by atoms with Gasteiger partial charge in [0.1, 0.15) is 0 Å². The summed E-state index contributed by atoms with van der Waals surface area (Å²) in [6, 6.07) is 7.18. The minimum absolute atomic E-state index is 0.0881.